The minimum Gasteiger partial charge on any atom is -0.490 e. The van der Waals surface area contributed by atoms with Crippen molar-refractivity contribution in [1.29, 1.82) is 0 Å². The number of rotatable bonds is 12. The molecule has 0 bridgehead atoms. The Morgan fingerprint density at radius 2 is 1.08 bits per heavy atom. The lowest BCUT2D eigenvalue weighted by molar-refractivity contribution is 0.0686. The van der Waals surface area contributed by atoms with Gasteiger partial charge in [0.05, 0.1) is 11.1 Å². The molecule has 52 heavy (non-hydrogen) atoms. The van der Waals surface area contributed by atoms with Crippen LogP contribution in [-0.2, 0) is 6.61 Å². The minimum atomic E-state index is -0.980. The first-order valence-electron chi connectivity index (χ1n) is 15.9. The molecule has 0 radical (unpaired) electrons. The average molecular weight is 741 g/mol. The van der Waals surface area contributed by atoms with E-state index in [1.54, 1.807) is 58.5 Å². The number of hydrogen-bond donors (Lipinski definition) is 2. The van der Waals surface area contributed by atoms with E-state index in [2.05, 4.69) is 0 Å². The Bertz CT molecular complexity index is 2220. The Morgan fingerprint density at radius 3 is 1.60 bits per heavy atom. The maximum absolute atomic E-state index is 12.5. The van der Waals surface area contributed by atoms with Crippen LogP contribution in [-0.4, -0.2) is 85.2 Å². The molecule has 0 aliphatic carbocycles. The van der Waals surface area contributed by atoms with Crippen molar-refractivity contribution in [3.63, 3.8) is 0 Å². The summed E-state index contributed by atoms with van der Waals surface area (Å²) in [6, 6.07) is 28.2. The highest BCUT2D eigenvalue weighted by atomic mass is 32.1. The Hall–Kier alpha value is -5.92. The number of carbonyl (C=O) groups excluding carboxylic acids is 2. The van der Waals surface area contributed by atoms with Gasteiger partial charge in [-0.25, -0.2) is 9.59 Å². The van der Waals surface area contributed by atoms with Gasteiger partial charge in [-0.2, -0.15) is 0 Å². The smallest absolute Gasteiger partial charge is 0.335 e. The van der Waals surface area contributed by atoms with E-state index in [4.69, 9.17) is 24.4 Å². The zero-order valence-corrected chi connectivity index (χ0v) is 30.5. The lowest BCUT2D eigenvalue weighted by atomic mass is 10.1. The van der Waals surface area contributed by atoms with Crippen LogP contribution in [0.4, 0.5) is 0 Å². The summed E-state index contributed by atoms with van der Waals surface area (Å²) in [5, 5.41) is 19.8. The number of thiophene rings is 2. The van der Waals surface area contributed by atoms with Crippen LogP contribution in [0.2, 0.25) is 0 Å². The van der Waals surface area contributed by atoms with Crippen molar-refractivity contribution in [3.8, 4) is 17.2 Å². The molecular weight excluding hydrogens is 705 g/mol. The molecule has 6 rings (SSSR count). The van der Waals surface area contributed by atoms with Crippen LogP contribution in [0.15, 0.2) is 97.1 Å². The third-order valence-electron chi connectivity index (χ3n) is 7.56. The number of hydrogen-bond acceptors (Lipinski definition) is 9. The van der Waals surface area contributed by atoms with E-state index in [0.29, 0.717) is 27.0 Å². The molecule has 13 heteroatoms. The molecule has 0 aliphatic rings. The second kappa shape index (κ2) is 16.9. The number of amides is 2. The first-order valence-corrected chi connectivity index (χ1v) is 17.6. The summed E-state index contributed by atoms with van der Waals surface area (Å²) in [5.74, 6) is -0.506. The third-order valence-corrected chi connectivity index (χ3v) is 9.84. The van der Waals surface area contributed by atoms with Gasteiger partial charge in [-0.1, -0.05) is 36.4 Å². The molecular formula is C39H36N2O9S2. The molecule has 11 nitrogen and oxygen atoms in total. The summed E-state index contributed by atoms with van der Waals surface area (Å²) in [5.41, 5.74) is 1.15. The number of nitrogens with zero attached hydrogens (tertiary/aromatic N) is 2. The van der Waals surface area contributed by atoms with Gasteiger partial charge in [0.15, 0.2) is 11.5 Å². The number of carbonyl (C=O) groups is 4. The fourth-order valence-electron chi connectivity index (χ4n) is 4.96. The molecule has 0 saturated carbocycles. The summed E-state index contributed by atoms with van der Waals surface area (Å²) in [6.07, 6.45) is 0. The maximum atomic E-state index is 12.5. The van der Waals surface area contributed by atoms with E-state index in [9.17, 15) is 19.2 Å². The normalized spacial score (nSPS) is 10.6. The summed E-state index contributed by atoms with van der Waals surface area (Å²) in [7, 11) is 6.82. The van der Waals surface area contributed by atoms with Crippen molar-refractivity contribution in [1.82, 2.24) is 9.80 Å². The van der Waals surface area contributed by atoms with Gasteiger partial charge >= 0.3 is 11.9 Å². The molecule has 2 amide bonds. The highest BCUT2D eigenvalue weighted by molar-refractivity contribution is 7.21. The molecule has 4 aromatic carbocycles. The van der Waals surface area contributed by atoms with Gasteiger partial charge in [0, 0.05) is 48.4 Å². The molecule has 0 spiro atoms. The summed E-state index contributed by atoms with van der Waals surface area (Å²) >= 11 is 2.80. The van der Waals surface area contributed by atoms with Gasteiger partial charge in [0.2, 0.25) is 0 Å². The van der Waals surface area contributed by atoms with Crippen molar-refractivity contribution in [2.45, 2.75) is 6.61 Å². The van der Waals surface area contributed by atoms with Gasteiger partial charge in [-0.05, 0) is 66.2 Å². The summed E-state index contributed by atoms with van der Waals surface area (Å²) < 4.78 is 19.4. The fourth-order valence-corrected chi connectivity index (χ4v) is 7.30. The highest BCUT2D eigenvalue weighted by Gasteiger charge is 2.22. The predicted octanol–water partition coefficient (Wildman–Crippen LogP) is 7.64. The van der Waals surface area contributed by atoms with Crippen LogP contribution in [0.3, 0.4) is 0 Å². The Morgan fingerprint density at radius 1 is 0.577 bits per heavy atom. The van der Waals surface area contributed by atoms with E-state index in [1.807, 2.05) is 48.5 Å². The van der Waals surface area contributed by atoms with Crippen molar-refractivity contribution >= 4 is 66.6 Å². The second-order valence-electron chi connectivity index (χ2n) is 11.7. The standard InChI is InChI=1S/C20H19NO5S.C19H17NO4S/c1-21(2)19(22)18-17(15-5-3-4-6-16(15)27-18)26-12-11-25-14-9-7-13(8-10-14)20(23)24;1-20(2)18(21)17-16(14-8-3-4-9-15(14)25-17)24-11-12-6-5-7-13(10-12)19(22)23/h3-10H,11-12H2,1-2H3,(H,23,24);3-10H,11H2,1-2H3,(H,22,23). The Kier molecular flexibility index (Phi) is 12.1. The SMILES string of the molecule is CN(C)C(=O)c1sc2ccccc2c1OCCOc1ccc(C(=O)O)cc1.CN(C)C(=O)c1sc2ccccc2c1OCc1cccc(C(=O)O)c1. The molecule has 0 unspecified atom stereocenters. The first kappa shape index (κ1) is 37.3. The molecule has 2 heterocycles. The summed E-state index contributed by atoms with van der Waals surface area (Å²) in [4.78, 5) is 51.0. The van der Waals surface area contributed by atoms with Crippen LogP contribution in [0.25, 0.3) is 20.2 Å². The monoisotopic (exact) mass is 740 g/mol. The van der Waals surface area contributed by atoms with Gasteiger partial charge < -0.3 is 34.2 Å². The van der Waals surface area contributed by atoms with Gasteiger partial charge in [-0.15, -0.1) is 22.7 Å². The zero-order valence-electron chi connectivity index (χ0n) is 28.8. The van der Waals surface area contributed by atoms with Crippen LogP contribution in [0, 0.1) is 0 Å². The summed E-state index contributed by atoms with van der Waals surface area (Å²) in [6.45, 7) is 0.719. The van der Waals surface area contributed by atoms with Crippen molar-refractivity contribution < 1.29 is 43.6 Å². The lowest BCUT2D eigenvalue weighted by Crippen LogP contribution is -2.21. The van der Waals surface area contributed by atoms with Crippen molar-refractivity contribution in [2.24, 2.45) is 0 Å². The van der Waals surface area contributed by atoms with Crippen molar-refractivity contribution in [2.75, 3.05) is 41.4 Å². The van der Waals surface area contributed by atoms with Gasteiger partial charge in [0.25, 0.3) is 11.8 Å². The number of aromatic carboxylic acids is 2. The van der Waals surface area contributed by atoms with E-state index in [1.165, 1.54) is 50.7 Å². The lowest BCUT2D eigenvalue weighted by Gasteiger charge is -2.12. The number of carboxylic acid groups (broad SMARTS) is 2. The van der Waals surface area contributed by atoms with Gasteiger partial charge in [-0.3, -0.25) is 9.59 Å². The molecule has 2 aromatic heterocycles. The molecule has 0 atom stereocenters. The van der Waals surface area contributed by atoms with E-state index in [-0.39, 0.29) is 42.8 Å². The molecule has 2 N–H and O–H groups in total. The molecule has 0 aliphatic heterocycles. The van der Waals surface area contributed by atoms with E-state index < -0.39 is 11.9 Å². The van der Waals surface area contributed by atoms with Crippen molar-refractivity contribution in [3.05, 3.63) is 124 Å². The quantitative estimate of drug-likeness (QED) is 0.121. The van der Waals surface area contributed by atoms with E-state index in [0.717, 1.165) is 25.7 Å². The largest absolute Gasteiger partial charge is 0.490 e. The molecule has 0 fully saturated rings. The van der Waals surface area contributed by atoms with Gasteiger partial charge in [0.1, 0.15) is 35.3 Å². The van der Waals surface area contributed by atoms with Crippen LogP contribution >= 0.6 is 22.7 Å². The van der Waals surface area contributed by atoms with Crippen LogP contribution < -0.4 is 14.2 Å². The number of benzene rings is 4. The minimum absolute atomic E-state index is 0.101. The zero-order chi connectivity index (χ0) is 37.4. The average Bonchev–Trinajstić information content (AvgIpc) is 3.70. The highest BCUT2D eigenvalue weighted by Crippen LogP contribution is 2.39. The second-order valence-corrected chi connectivity index (χ2v) is 13.8. The Labute approximate surface area is 307 Å². The molecule has 268 valence electrons. The predicted molar refractivity (Wildman–Crippen MR) is 202 cm³/mol. The fraction of sp³-hybridized carbons (Fsp3) is 0.179. The Balaban J connectivity index is 0.000000202. The maximum Gasteiger partial charge on any atom is 0.335 e. The number of ether oxygens (including phenoxy) is 3. The molecule has 0 saturated heterocycles. The first-order chi connectivity index (χ1) is 24.9. The van der Waals surface area contributed by atoms with E-state index >= 15 is 0 Å². The van der Waals surface area contributed by atoms with Crippen LogP contribution in [0.5, 0.6) is 17.2 Å². The number of fused-ring (bicyclic) bond motifs is 2. The number of carboxylic acids is 2. The molecule has 6 aromatic rings. The topological polar surface area (TPSA) is 143 Å². The third kappa shape index (κ3) is 8.86. The van der Waals surface area contributed by atoms with Crippen LogP contribution in [0.1, 0.15) is 45.6 Å².